The number of aliphatic hydroxyl groups is 1. The van der Waals surface area contributed by atoms with Gasteiger partial charge >= 0.3 is 0 Å². The van der Waals surface area contributed by atoms with Gasteiger partial charge in [-0.25, -0.2) is 14.5 Å². The van der Waals surface area contributed by atoms with Crippen molar-refractivity contribution in [2.45, 2.75) is 19.4 Å². The van der Waals surface area contributed by atoms with E-state index in [0.29, 0.717) is 42.6 Å². The molecule has 9 nitrogen and oxygen atoms in total. The number of fused-ring (bicyclic) bond motifs is 2. The molecule has 3 N–H and O–H groups in total. The second kappa shape index (κ2) is 8.06. The molecule has 0 saturated heterocycles. The zero-order valence-electron chi connectivity index (χ0n) is 16.4. The number of imidazole rings is 1. The molecular weight excluding hydrogens is 372 g/mol. The lowest BCUT2D eigenvalue weighted by molar-refractivity contribution is 0.281. The number of nitrogens with two attached hydrogens (primary N) is 1. The molecular formula is C20H24N6O3. The van der Waals surface area contributed by atoms with Gasteiger partial charge in [-0.15, -0.1) is 5.10 Å². The van der Waals surface area contributed by atoms with E-state index in [1.54, 1.807) is 23.0 Å². The van der Waals surface area contributed by atoms with E-state index in [9.17, 15) is 0 Å². The summed E-state index contributed by atoms with van der Waals surface area (Å²) in [6, 6.07) is 7.29. The molecule has 9 heteroatoms. The number of hydrogen-bond donors (Lipinski definition) is 2. The molecule has 4 aromatic rings. The minimum Gasteiger partial charge on any atom is -0.475 e. The fourth-order valence-electron chi connectivity index (χ4n) is 3.11. The Bertz CT molecular complexity index is 1120. The van der Waals surface area contributed by atoms with Crippen molar-refractivity contribution >= 4 is 22.4 Å². The Morgan fingerprint density at radius 2 is 2.17 bits per heavy atom. The fraction of sp³-hybridized carbons (Fsp3) is 0.350. The first-order valence-electron chi connectivity index (χ1n) is 9.51. The van der Waals surface area contributed by atoms with Crippen LogP contribution in [0.1, 0.15) is 13.3 Å². The summed E-state index contributed by atoms with van der Waals surface area (Å²) in [5.74, 6) is 1.90. The van der Waals surface area contributed by atoms with E-state index in [-0.39, 0.29) is 12.6 Å². The van der Waals surface area contributed by atoms with Crippen LogP contribution in [0, 0.1) is 0 Å². The lowest BCUT2D eigenvalue weighted by atomic mass is 10.2. The van der Waals surface area contributed by atoms with Crippen molar-refractivity contribution < 1.29 is 14.3 Å². The van der Waals surface area contributed by atoms with Gasteiger partial charge in [0.05, 0.1) is 11.6 Å². The smallest absolute Gasteiger partial charge is 0.231 e. The first kappa shape index (κ1) is 19.2. The van der Waals surface area contributed by atoms with Crippen LogP contribution in [-0.2, 0) is 0 Å². The summed E-state index contributed by atoms with van der Waals surface area (Å²) in [6.45, 7) is 3.08. The van der Waals surface area contributed by atoms with Crippen molar-refractivity contribution in [3.05, 3.63) is 36.7 Å². The highest BCUT2D eigenvalue weighted by Gasteiger charge is 2.17. The first-order valence-corrected chi connectivity index (χ1v) is 9.51. The van der Waals surface area contributed by atoms with Gasteiger partial charge in [-0.3, -0.25) is 0 Å². The summed E-state index contributed by atoms with van der Waals surface area (Å²) >= 11 is 0. The molecule has 0 aliphatic carbocycles. The van der Waals surface area contributed by atoms with E-state index < -0.39 is 0 Å². The van der Waals surface area contributed by atoms with E-state index in [2.05, 4.69) is 15.1 Å². The molecule has 0 saturated carbocycles. The van der Waals surface area contributed by atoms with Crippen molar-refractivity contribution in [3.63, 3.8) is 0 Å². The van der Waals surface area contributed by atoms with Crippen LogP contribution >= 0.6 is 0 Å². The van der Waals surface area contributed by atoms with Gasteiger partial charge in [0.2, 0.25) is 5.88 Å². The summed E-state index contributed by atoms with van der Waals surface area (Å²) in [4.78, 5) is 10.9. The molecule has 4 heterocycles. The van der Waals surface area contributed by atoms with Crippen LogP contribution in [0.2, 0.25) is 0 Å². The standard InChI is InChI=1S/C20H24N6O3/c1-13(21)12-28-19-5-4-18-23-11-15(26(18)24-19)17-10-14-16(29-17)6-7-22-20(14)25(2)8-3-9-27/h4-7,10-11,13,27H,3,8-9,12,21H2,1-2H3. The first-order chi connectivity index (χ1) is 14.1. The molecule has 0 radical (unpaired) electrons. The number of anilines is 1. The van der Waals surface area contributed by atoms with Gasteiger partial charge in [0, 0.05) is 38.5 Å². The van der Waals surface area contributed by atoms with Gasteiger partial charge in [0.15, 0.2) is 11.4 Å². The van der Waals surface area contributed by atoms with Crippen LogP contribution in [0.5, 0.6) is 5.88 Å². The second-order valence-corrected chi connectivity index (χ2v) is 7.03. The fourth-order valence-corrected chi connectivity index (χ4v) is 3.11. The zero-order chi connectivity index (χ0) is 20.4. The molecule has 0 aromatic carbocycles. The summed E-state index contributed by atoms with van der Waals surface area (Å²) in [5, 5.41) is 14.5. The Labute approximate surface area is 167 Å². The maximum atomic E-state index is 9.10. The van der Waals surface area contributed by atoms with Gasteiger partial charge in [0.25, 0.3) is 0 Å². The highest BCUT2D eigenvalue weighted by Crippen LogP contribution is 2.32. The molecule has 0 aliphatic heterocycles. The predicted octanol–water partition coefficient (Wildman–Crippen LogP) is 2.08. The van der Waals surface area contributed by atoms with E-state index in [4.69, 9.17) is 20.0 Å². The molecule has 0 amide bonds. The monoisotopic (exact) mass is 396 g/mol. The largest absolute Gasteiger partial charge is 0.475 e. The third kappa shape index (κ3) is 3.87. The summed E-state index contributed by atoms with van der Waals surface area (Å²) in [7, 11) is 1.95. The summed E-state index contributed by atoms with van der Waals surface area (Å²) in [6.07, 6.45) is 4.10. The lowest BCUT2D eigenvalue weighted by Gasteiger charge is -2.17. The van der Waals surface area contributed by atoms with Crippen LogP contribution in [0.15, 0.2) is 41.1 Å². The minimum atomic E-state index is -0.0844. The molecule has 0 fully saturated rings. The van der Waals surface area contributed by atoms with E-state index in [1.807, 2.05) is 37.1 Å². The Morgan fingerprint density at radius 1 is 1.31 bits per heavy atom. The Morgan fingerprint density at radius 3 is 2.97 bits per heavy atom. The van der Waals surface area contributed by atoms with Gasteiger partial charge in [-0.1, -0.05) is 0 Å². The number of pyridine rings is 1. The van der Waals surface area contributed by atoms with Crippen molar-refractivity contribution in [1.82, 2.24) is 19.6 Å². The molecule has 0 aliphatic rings. The maximum absolute atomic E-state index is 9.10. The number of rotatable bonds is 8. The van der Waals surface area contributed by atoms with Crippen molar-refractivity contribution in [2.24, 2.45) is 5.73 Å². The average Bonchev–Trinajstić information content (AvgIpc) is 3.33. The average molecular weight is 396 g/mol. The van der Waals surface area contributed by atoms with E-state index >= 15 is 0 Å². The van der Waals surface area contributed by atoms with Gasteiger partial charge < -0.3 is 24.9 Å². The van der Waals surface area contributed by atoms with Crippen molar-refractivity contribution in [3.8, 4) is 17.3 Å². The van der Waals surface area contributed by atoms with Crippen LogP contribution in [-0.4, -0.2) is 57.5 Å². The number of furan rings is 1. The number of aromatic nitrogens is 4. The number of nitrogens with zero attached hydrogens (tertiary/aromatic N) is 5. The van der Waals surface area contributed by atoms with Crippen LogP contribution < -0.4 is 15.4 Å². The highest BCUT2D eigenvalue weighted by atomic mass is 16.5. The zero-order valence-corrected chi connectivity index (χ0v) is 16.4. The molecule has 152 valence electrons. The van der Waals surface area contributed by atoms with Gasteiger partial charge in [0.1, 0.15) is 23.7 Å². The molecule has 29 heavy (non-hydrogen) atoms. The van der Waals surface area contributed by atoms with E-state index in [1.165, 1.54) is 0 Å². The Balaban J connectivity index is 1.72. The third-order valence-corrected chi connectivity index (χ3v) is 4.52. The van der Waals surface area contributed by atoms with Crippen molar-refractivity contribution in [2.75, 3.05) is 31.7 Å². The van der Waals surface area contributed by atoms with Crippen LogP contribution in [0.25, 0.3) is 28.1 Å². The molecule has 0 bridgehead atoms. The second-order valence-electron chi connectivity index (χ2n) is 7.03. The Kier molecular flexibility index (Phi) is 5.32. The highest BCUT2D eigenvalue weighted by molar-refractivity contribution is 5.91. The topological polar surface area (TPSA) is 115 Å². The number of ether oxygens (including phenoxy) is 1. The summed E-state index contributed by atoms with van der Waals surface area (Å²) in [5.41, 5.74) is 7.88. The summed E-state index contributed by atoms with van der Waals surface area (Å²) < 4.78 is 13.4. The normalized spacial score (nSPS) is 12.6. The van der Waals surface area contributed by atoms with Crippen LogP contribution in [0.4, 0.5) is 5.82 Å². The van der Waals surface area contributed by atoms with Gasteiger partial charge in [-0.2, -0.15) is 0 Å². The molecule has 4 aromatic heterocycles. The predicted molar refractivity (Wildman–Crippen MR) is 110 cm³/mol. The van der Waals surface area contributed by atoms with Crippen molar-refractivity contribution in [1.29, 1.82) is 0 Å². The third-order valence-electron chi connectivity index (χ3n) is 4.52. The molecule has 0 spiro atoms. The number of hydrogen-bond acceptors (Lipinski definition) is 8. The molecule has 4 rings (SSSR count). The minimum absolute atomic E-state index is 0.0844. The van der Waals surface area contributed by atoms with Crippen LogP contribution in [0.3, 0.4) is 0 Å². The SMILES string of the molecule is CC(N)COc1ccc2ncc(-c3cc4c(N(C)CCCO)nccc4o3)n2n1. The Hall–Kier alpha value is -3.17. The molecule has 1 atom stereocenters. The lowest BCUT2D eigenvalue weighted by Crippen LogP contribution is -2.24. The van der Waals surface area contributed by atoms with Gasteiger partial charge in [-0.05, 0) is 31.5 Å². The quantitative estimate of drug-likeness (QED) is 0.465. The molecule has 1 unspecified atom stereocenters. The van der Waals surface area contributed by atoms with E-state index in [0.717, 1.165) is 16.8 Å². The maximum Gasteiger partial charge on any atom is 0.231 e. The number of aliphatic hydroxyl groups excluding tert-OH is 1.